The number of ether oxygens (including phenoxy) is 1. The van der Waals surface area contributed by atoms with E-state index in [0.29, 0.717) is 39.0 Å². The molecule has 0 bridgehead atoms. The van der Waals surface area contributed by atoms with Gasteiger partial charge < -0.3 is 25.0 Å². The first-order valence-electron chi connectivity index (χ1n) is 13.8. The zero-order valence-electron chi connectivity index (χ0n) is 23.7. The summed E-state index contributed by atoms with van der Waals surface area (Å²) in [4.78, 5) is 16.8. The molecule has 41 heavy (non-hydrogen) atoms. The Kier molecular flexibility index (Phi) is 8.37. The minimum absolute atomic E-state index is 0.0244. The van der Waals surface area contributed by atoms with Crippen LogP contribution in [0.1, 0.15) is 18.4 Å². The number of fused-ring (bicyclic) bond motifs is 1. The molecule has 2 amide bonds. The summed E-state index contributed by atoms with van der Waals surface area (Å²) in [5.41, 5.74) is 3.14. The average molecular weight is 583 g/mol. The Balaban J connectivity index is 1.39. The third-order valence-electron chi connectivity index (χ3n) is 7.86. The van der Waals surface area contributed by atoms with Gasteiger partial charge in [0.2, 0.25) is 10.0 Å². The normalized spacial score (nSPS) is 21.3. The Morgan fingerprint density at radius 3 is 2.54 bits per heavy atom. The number of amides is 2. The van der Waals surface area contributed by atoms with Gasteiger partial charge >= 0.3 is 6.03 Å². The number of urea groups is 1. The molecule has 1 unspecified atom stereocenters. The number of aliphatic hydroxyl groups excluding tert-OH is 1. The van der Waals surface area contributed by atoms with Crippen molar-refractivity contribution in [3.05, 3.63) is 60.4 Å². The van der Waals surface area contributed by atoms with Gasteiger partial charge in [-0.05, 0) is 56.6 Å². The highest BCUT2D eigenvalue weighted by Gasteiger charge is 2.39. The lowest BCUT2D eigenvalue weighted by molar-refractivity contribution is 0.0256. The molecule has 3 heterocycles. The summed E-state index contributed by atoms with van der Waals surface area (Å²) in [5.74, 6) is 0.246. The van der Waals surface area contributed by atoms with Crippen LogP contribution in [0.15, 0.2) is 59.8 Å². The average Bonchev–Trinajstić information content (AvgIpc) is 3.38. The topological polar surface area (TPSA) is 129 Å². The van der Waals surface area contributed by atoms with Gasteiger partial charge in [-0.2, -0.15) is 5.10 Å². The summed E-state index contributed by atoms with van der Waals surface area (Å²) in [6.07, 6.45) is 4.02. The molecule has 1 spiro atoms. The lowest BCUT2D eigenvalue weighted by Crippen LogP contribution is -2.52. The van der Waals surface area contributed by atoms with Crippen LogP contribution in [0.2, 0.25) is 0 Å². The summed E-state index contributed by atoms with van der Waals surface area (Å²) in [5, 5.41) is 17.8. The predicted octanol–water partition coefficient (Wildman–Crippen LogP) is 2.67. The molecule has 2 aliphatic rings. The number of benzene rings is 2. The number of aryl methyl sites for hydroxylation is 2. The van der Waals surface area contributed by atoms with Gasteiger partial charge in [0.15, 0.2) is 0 Å². The fourth-order valence-electron chi connectivity index (χ4n) is 5.54. The molecule has 12 heteroatoms. The van der Waals surface area contributed by atoms with Crippen molar-refractivity contribution in [1.29, 1.82) is 0 Å². The smallest absolute Gasteiger partial charge is 0.321 e. The Morgan fingerprint density at radius 2 is 1.85 bits per heavy atom. The lowest BCUT2D eigenvalue weighted by atomic mass is 9.78. The lowest BCUT2D eigenvalue weighted by Gasteiger charge is -2.44. The summed E-state index contributed by atoms with van der Waals surface area (Å²) >= 11 is 0. The SMILES string of the molecule is Cc1ccc(NC(=O)N2CCC3(CC2)COc2cc(-c4cnn(C)c4)ccc2S(=O)(=O)NCC(O)CN(C)C3)cc1. The first-order chi connectivity index (χ1) is 19.5. The molecule has 3 N–H and O–H groups in total. The summed E-state index contributed by atoms with van der Waals surface area (Å²) in [6.45, 7) is 4.13. The number of aromatic nitrogens is 2. The molecule has 220 valence electrons. The number of hydrogen-bond acceptors (Lipinski definition) is 7. The number of anilines is 1. The van der Waals surface area contributed by atoms with Crippen LogP contribution in [0, 0.1) is 12.3 Å². The number of likely N-dealkylation sites (tertiary alicyclic amines) is 1. The molecule has 2 aromatic carbocycles. The number of aliphatic hydroxyl groups is 1. The van der Waals surface area contributed by atoms with Gasteiger partial charge in [-0.15, -0.1) is 0 Å². The van der Waals surface area contributed by atoms with Gasteiger partial charge in [-0.1, -0.05) is 23.8 Å². The maximum absolute atomic E-state index is 13.3. The van der Waals surface area contributed by atoms with E-state index in [1.54, 1.807) is 27.9 Å². The van der Waals surface area contributed by atoms with E-state index in [2.05, 4.69) is 15.1 Å². The van der Waals surface area contributed by atoms with Crippen LogP contribution in [0.4, 0.5) is 10.5 Å². The Labute approximate surface area is 241 Å². The van der Waals surface area contributed by atoms with Gasteiger partial charge in [0.05, 0.1) is 18.9 Å². The van der Waals surface area contributed by atoms with Gasteiger partial charge in [-0.25, -0.2) is 17.9 Å². The third kappa shape index (κ3) is 6.89. The number of β-amino-alcohol motifs (C(OH)–C–C–N with tert-alkyl or cyclic N) is 1. The molecule has 1 atom stereocenters. The predicted molar refractivity (Wildman–Crippen MR) is 156 cm³/mol. The molecule has 1 aromatic heterocycles. The van der Waals surface area contributed by atoms with Crippen LogP contribution in [0.25, 0.3) is 11.1 Å². The van der Waals surface area contributed by atoms with Gasteiger partial charge in [-0.3, -0.25) is 4.68 Å². The van der Waals surface area contributed by atoms with E-state index in [0.717, 1.165) is 22.4 Å². The van der Waals surface area contributed by atoms with E-state index in [1.807, 2.05) is 56.4 Å². The van der Waals surface area contributed by atoms with Crippen molar-refractivity contribution in [2.45, 2.75) is 30.8 Å². The second-order valence-corrected chi connectivity index (χ2v) is 13.1. The van der Waals surface area contributed by atoms with E-state index in [4.69, 9.17) is 4.74 Å². The summed E-state index contributed by atoms with van der Waals surface area (Å²) in [6, 6.07) is 12.5. The maximum atomic E-state index is 13.3. The number of carbonyl (C=O) groups excluding carboxylic acids is 1. The third-order valence-corrected chi connectivity index (χ3v) is 9.32. The minimum atomic E-state index is -3.94. The second-order valence-electron chi connectivity index (χ2n) is 11.3. The Bertz CT molecular complexity index is 1480. The van der Waals surface area contributed by atoms with Crippen molar-refractivity contribution in [3.63, 3.8) is 0 Å². The molecule has 1 fully saturated rings. The van der Waals surface area contributed by atoms with Crippen molar-refractivity contribution in [2.75, 3.05) is 51.7 Å². The molecule has 2 aliphatic heterocycles. The highest BCUT2D eigenvalue weighted by atomic mass is 32.2. The first kappa shape index (κ1) is 29.1. The fourth-order valence-corrected chi connectivity index (χ4v) is 6.74. The summed E-state index contributed by atoms with van der Waals surface area (Å²) in [7, 11) is -0.211. The molecule has 0 saturated carbocycles. The molecule has 3 aromatic rings. The molecule has 1 saturated heterocycles. The van der Waals surface area contributed by atoms with Crippen LogP contribution in [0.5, 0.6) is 5.75 Å². The fraction of sp³-hybridized carbons (Fsp3) is 0.448. The van der Waals surface area contributed by atoms with E-state index in [-0.39, 0.29) is 35.2 Å². The van der Waals surface area contributed by atoms with Gasteiger partial charge in [0.25, 0.3) is 0 Å². The molecule has 11 nitrogen and oxygen atoms in total. The largest absolute Gasteiger partial charge is 0.492 e. The highest BCUT2D eigenvalue weighted by Crippen LogP contribution is 2.36. The number of nitrogens with one attached hydrogen (secondary N) is 2. The molecular weight excluding hydrogens is 544 g/mol. The number of likely N-dealkylation sites (N-methyl/N-ethyl adjacent to an activating group) is 1. The number of nitrogens with zero attached hydrogens (tertiary/aromatic N) is 4. The molecule has 5 rings (SSSR count). The molecular formula is C29H38N6O5S. The van der Waals surface area contributed by atoms with Gasteiger partial charge in [0, 0.05) is 62.6 Å². The van der Waals surface area contributed by atoms with Crippen molar-refractivity contribution in [3.8, 4) is 16.9 Å². The first-order valence-corrected chi connectivity index (χ1v) is 15.3. The second kappa shape index (κ2) is 11.8. The van der Waals surface area contributed by atoms with Crippen LogP contribution in [-0.2, 0) is 17.1 Å². The number of carbonyl (C=O) groups is 1. The highest BCUT2D eigenvalue weighted by molar-refractivity contribution is 7.89. The van der Waals surface area contributed by atoms with E-state index >= 15 is 0 Å². The van der Waals surface area contributed by atoms with Crippen LogP contribution in [-0.4, -0.2) is 91.6 Å². The van der Waals surface area contributed by atoms with Crippen molar-refractivity contribution < 1.29 is 23.1 Å². The summed E-state index contributed by atoms with van der Waals surface area (Å²) < 4.78 is 37.1. The number of piperidine rings is 1. The molecule has 0 radical (unpaired) electrons. The van der Waals surface area contributed by atoms with Gasteiger partial charge in [0.1, 0.15) is 10.6 Å². The quantitative estimate of drug-likeness (QED) is 0.424. The van der Waals surface area contributed by atoms with Crippen LogP contribution < -0.4 is 14.8 Å². The Morgan fingerprint density at radius 1 is 1.12 bits per heavy atom. The minimum Gasteiger partial charge on any atom is -0.492 e. The molecule has 0 aliphatic carbocycles. The zero-order chi connectivity index (χ0) is 29.2. The van der Waals surface area contributed by atoms with Crippen molar-refractivity contribution in [1.82, 2.24) is 24.3 Å². The number of sulfonamides is 1. The van der Waals surface area contributed by atoms with Crippen LogP contribution in [0.3, 0.4) is 0 Å². The number of rotatable bonds is 2. The maximum Gasteiger partial charge on any atom is 0.321 e. The van der Waals surface area contributed by atoms with Crippen molar-refractivity contribution >= 4 is 21.7 Å². The van der Waals surface area contributed by atoms with Crippen molar-refractivity contribution in [2.24, 2.45) is 12.5 Å². The van der Waals surface area contributed by atoms with E-state index in [1.165, 1.54) is 6.07 Å². The zero-order valence-corrected chi connectivity index (χ0v) is 24.5. The number of hydrogen-bond donors (Lipinski definition) is 3. The van der Waals surface area contributed by atoms with E-state index < -0.39 is 16.1 Å². The monoisotopic (exact) mass is 582 g/mol. The van der Waals surface area contributed by atoms with Crippen LogP contribution >= 0.6 is 0 Å². The Hall–Kier alpha value is -3.45. The standard InChI is InChI=1S/C29H38N6O5S/c1-21-4-7-24(8-5-21)32-28(37)35-12-10-29(11-13-35)19-33(2)18-25(36)16-31-41(38,39)27-9-6-22(14-26(27)40-20-29)23-15-30-34(3)17-23/h4-9,14-15,17,25,31,36H,10-13,16,18-20H2,1-3H3,(H,32,37). The van der Waals surface area contributed by atoms with E-state index in [9.17, 15) is 18.3 Å².